The Morgan fingerprint density at radius 1 is 1.50 bits per heavy atom. The third-order valence-electron chi connectivity index (χ3n) is 3.37. The molecule has 3 rings (SSSR count). The van der Waals surface area contributed by atoms with Crippen molar-refractivity contribution in [3.05, 3.63) is 39.9 Å². The molecule has 18 heavy (non-hydrogen) atoms. The van der Waals surface area contributed by atoms with Gasteiger partial charge in [0.2, 0.25) is 0 Å². The van der Waals surface area contributed by atoms with Gasteiger partial charge in [0.15, 0.2) is 0 Å². The second-order valence-corrected chi connectivity index (χ2v) is 5.09. The third-order valence-corrected chi connectivity index (χ3v) is 3.60. The molecular weight excluding hydrogens is 250 g/mol. The van der Waals surface area contributed by atoms with Crippen molar-refractivity contribution in [1.29, 1.82) is 0 Å². The molecular formula is C13H14ClN3O. The summed E-state index contributed by atoms with van der Waals surface area (Å²) in [6, 6.07) is 5.59. The van der Waals surface area contributed by atoms with E-state index in [0.717, 1.165) is 13.0 Å². The first-order valence-corrected chi connectivity index (χ1v) is 6.50. The van der Waals surface area contributed by atoms with Crippen LogP contribution in [0.1, 0.15) is 12.8 Å². The second kappa shape index (κ2) is 4.71. The smallest absolute Gasteiger partial charge is 0.261 e. The van der Waals surface area contributed by atoms with Gasteiger partial charge in [-0.2, -0.15) is 0 Å². The Morgan fingerprint density at radius 2 is 2.39 bits per heavy atom. The van der Waals surface area contributed by atoms with Crippen LogP contribution in [0, 0.1) is 0 Å². The Bertz CT molecular complexity index is 632. The number of nitrogens with zero attached hydrogens (tertiary/aromatic N) is 2. The normalized spacial score (nSPS) is 19.5. The lowest BCUT2D eigenvalue weighted by Gasteiger charge is -2.12. The summed E-state index contributed by atoms with van der Waals surface area (Å²) >= 11 is 5.93. The zero-order valence-corrected chi connectivity index (χ0v) is 10.7. The van der Waals surface area contributed by atoms with E-state index in [2.05, 4.69) is 10.3 Å². The van der Waals surface area contributed by atoms with E-state index in [1.165, 1.54) is 6.42 Å². The van der Waals surface area contributed by atoms with Crippen molar-refractivity contribution in [1.82, 2.24) is 14.9 Å². The average molecular weight is 264 g/mol. The fourth-order valence-corrected chi connectivity index (χ4v) is 2.58. The maximum Gasteiger partial charge on any atom is 0.261 e. The number of nitrogens with one attached hydrogen (secondary N) is 1. The molecule has 2 aromatic rings. The first kappa shape index (κ1) is 11.7. The lowest BCUT2D eigenvalue weighted by Crippen LogP contribution is -2.32. The molecule has 1 N–H and O–H groups in total. The molecule has 0 aliphatic carbocycles. The number of benzene rings is 1. The Labute approximate surface area is 110 Å². The Morgan fingerprint density at radius 3 is 3.17 bits per heavy atom. The first-order chi connectivity index (χ1) is 8.74. The number of rotatable bonds is 2. The zero-order valence-electron chi connectivity index (χ0n) is 9.90. The van der Waals surface area contributed by atoms with Gasteiger partial charge >= 0.3 is 0 Å². The van der Waals surface area contributed by atoms with Crippen LogP contribution in [0.15, 0.2) is 29.3 Å². The van der Waals surface area contributed by atoms with E-state index in [0.29, 0.717) is 28.5 Å². The van der Waals surface area contributed by atoms with Crippen LogP contribution in [0.4, 0.5) is 0 Å². The molecule has 4 nitrogen and oxygen atoms in total. The predicted molar refractivity (Wildman–Crippen MR) is 72.0 cm³/mol. The van der Waals surface area contributed by atoms with Crippen LogP contribution < -0.4 is 10.9 Å². The van der Waals surface area contributed by atoms with E-state index in [4.69, 9.17) is 11.6 Å². The highest BCUT2D eigenvalue weighted by molar-refractivity contribution is 6.31. The minimum Gasteiger partial charge on any atom is -0.312 e. The summed E-state index contributed by atoms with van der Waals surface area (Å²) in [5.74, 6) is 0. The SMILES string of the molecule is O=c1c2cc(Cl)ccc2ncn1CC1CCCN1. The van der Waals surface area contributed by atoms with Crippen LogP contribution in [0.3, 0.4) is 0 Å². The van der Waals surface area contributed by atoms with Crippen LogP contribution >= 0.6 is 11.6 Å². The molecule has 5 heteroatoms. The topological polar surface area (TPSA) is 46.9 Å². The molecule has 0 spiro atoms. The zero-order chi connectivity index (χ0) is 12.5. The van der Waals surface area contributed by atoms with E-state index in [9.17, 15) is 4.79 Å². The van der Waals surface area contributed by atoms with Gasteiger partial charge in [0, 0.05) is 17.6 Å². The molecule has 0 bridgehead atoms. The van der Waals surface area contributed by atoms with E-state index in [-0.39, 0.29) is 5.56 Å². The van der Waals surface area contributed by atoms with Crippen molar-refractivity contribution in [2.45, 2.75) is 25.4 Å². The number of aromatic nitrogens is 2. The number of fused-ring (bicyclic) bond motifs is 1. The summed E-state index contributed by atoms with van der Waals surface area (Å²) in [6.07, 6.45) is 3.91. The summed E-state index contributed by atoms with van der Waals surface area (Å²) in [4.78, 5) is 16.6. The lowest BCUT2D eigenvalue weighted by atomic mass is 10.2. The summed E-state index contributed by atoms with van der Waals surface area (Å²) < 4.78 is 1.67. The summed E-state index contributed by atoms with van der Waals surface area (Å²) in [5.41, 5.74) is 0.677. The first-order valence-electron chi connectivity index (χ1n) is 6.12. The van der Waals surface area contributed by atoms with E-state index in [1.54, 1.807) is 29.1 Å². The fourth-order valence-electron chi connectivity index (χ4n) is 2.41. The fraction of sp³-hybridized carbons (Fsp3) is 0.385. The van der Waals surface area contributed by atoms with Crippen molar-refractivity contribution in [2.75, 3.05) is 6.54 Å². The van der Waals surface area contributed by atoms with Gasteiger partial charge in [-0.3, -0.25) is 9.36 Å². The monoisotopic (exact) mass is 263 g/mol. The minimum absolute atomic E-state index is 0.0174. The Kier molecular flexibility index (Phi) is 3.06. The molecule has 0 saturated carbocycles. The van der Waals surface area contributed by atoms with Gasteiger partial charge in [-0.1, -0.05) is 11.6 Å². The molecule has 1 aliphatic heterocycles. The molecule has 0 radical (unpaired) electrons. The summed E-state index contributed by atoms with van der Waals surface area (Å²) in [5, 5.41) is 4.53. The molecule has 1 aromatic heterocycles. The largest absolute Gasteiger partial charge is 0.312 e. The van der Waals surface area contributed by atoms with Crippen molar-refractivity contribution >= 4 is 22.5 Å². The highest BCUT2D eigenvalue weighted by Crippen LogP contribution is 2.14. The highest BCUT2D eigenvalue weighted by Gasteiger charge is 2.15. The maximum absolute atomic E-state index is 12.3. The molecule has 2 heterocycles. The van der Waals surface area contributed by atoms with Crippen LogP contribution in [0.25, 0.3) is 10.9 Å². The van der Waals surface area contributed by atoms with Crippen LogP contribution in [0.5, 0.6) is 0 Å². The summed E-state index contributed by atoms with van der Waals surface area (Å²) in [7, 11) is 0. The van der Waals surface area contributed by atoms with Crippen LogP contribution in [0.2, 0.25) is 5.02 Å². The van der Waals surface area contributed by atoms with Gasteiger partial charge in [0.1, 0.15) is 0 Å². The third kappa shape index (κ3) is 2.13. The van der Waals surface area contributed by atoms with Crippen molar-refractivity contribution in [2.24, 2.45) is 0 Å². The molecule has 1 aromatic carbocycles. The minimum atomic E-state index is -0.0174. The highest BCUT2D eigenvalue weighted by atomic mass is 35.5. The summed E-state index contributed by atoms with van der Waals surface area (Å²) in [6.45, 7) is 1.71. The Hall–Kier alpha value is -1.39. The van der Waals surface area contributed by atoms with Crippen LogP contribution in [-0.4, -0.2) is 22.1 Å². The van der Waals surface area contributed by atoms with Gasteiger partial charge in [-0.15, -0.1) is 0 Å². The maximum atomic E-state index is 12.3. The van der Waals surface area contributed by atoms with Gasteiger partial charge < -0.3 is 5.32 Å². The van der Waals surface area contributed by atoms with Crippen LogP contribution in [-0.2, 0) is 6.54 Å². The molecule has 1 aliphatic rings. The van der Waals surface area contributed by atoms with Crippen molar-refractivity contribution < 1.29 is 0 Å². The van der Waals surface area contributed by atoms with Crippen molar-refractivity contribution in [3.63, 3.8) is 0 Å². The standard InChI is InChI=1S/C13H14ClN3O/c14-9-3-4-12-11(6-9)13(18)17(8-16-12)7-10-2-1-5-15-10/h3-4,6,8,10,15H,1-2,5,7H2. The Balaban J connectivity index is 2.02. The molecule has 94 valence electrons. The van der Waals surface area contributed by atoms with E-state index >= 15 is 0 Å². The van der Waals surface area contributed by atoms with E-state index < -0.39 is 0 Å². The van der Waals surface area contributed by atoms with Gasteiger partial charge in [-0.05, 0) is 37.6 Å². The average Bonchev–Trinajstić information content (AvgIpc) is 2.86. The molecule has 1 fully saturated rings. The quantitative estimate of drug-likeness (QED) is 0.899. The van der Waals surface area contributed by atoms with Crippen molar-refractivity contribution in [3.8, 4) is 0 Å². The molecule has 1 atom stereocenters. The van der Waals surface area contributed by atoms with Gasteiger partial charge in [-0.25, -0.2) is 4.98 Å². The van der Waals surface area contributed by atoms with Gasteiger partial charge in [0.05, 0.1) is 17.2 Å². The number of halogens is 1. The van der Waals surface area contributed by atoms with Gasteiger partial charge in [0.25, 0.3) is 5.56 Å². The van der Waals surface area contributed by atoms with E-state index in [1.807, 2.05) is 0 Å². The molecule has 1 unspecified atom stereocenters. The molecule has 1 saturated heterocycles. The number of hydrogen-bond acceptors (Lipinski definition) is 3. The molecule has 0 amide bonds. The predicted octanol–water partition coefficient (Wildman–Crippen LogP) is 1.80. The lowest BCUT2D eigenvalue weighted by molar-refractivity contribution is 0.497. The second-order valence-electron chi connectivity index (χ2n) is 4.66. The number of hydrogen-bond donors (Lipinski definition) is 1.